The third kappa shape index (κ3) is 2.57. The van der Waals surface area contributed by atoms with Crippen LogP contribution in [0.1, 0.15) is 10.4 Å². The minimum Gasteiger partial charge on any atom is -0.491 e. The van der Waals surface area contributed by atoms with Crippen LogP contribution < -0.4 is 4.74 Å². The SMILES string of the molecule is COC(=O)c1cc2ccccc2cc1OCCCl. The number of esters is 1. The molecule has 0 atom stereocenters. The maximum absolute atomic E-state index is 11.7. The maximum atomic E-state index is 11.7. The van der Waals surface area contributed by atoms with E-state index in [-0.39, 0.29) is 0 Å². The molecule has 0 aliphatic heterocycles. The third-order valence-electron chi connectivity index (χ3n) is 2.59. The Kier molecular flexibility index (Phi) is 4.05. The van der Waals surface area contributed by atoms with Gasteiger partial charge in [-0.15, -0.1) is 11.6 Å². The average Bonchev–Trinajstić information content (AvgIpc) is 2.43. The molecule has 4 heteroatoms. The molecule has 0 aliphatic rings. The molecule has 2 aromatic rings. The first-order valence-corrected chi connectivity index (χ1v) is 6.09. The molecular weight excluding hydrogens is 252 g/mol. The molecule has 0 amide bonds. The van der Waals surface area contributed by atoms with Gasteiger partial charge in [-0.05, 0) is 22.9 Å². The Morgan fingerprint density at radius 3 is 2.50 bits per heavy atom. The van der Waals surface area contributed by atoms with Crippen LogP contribution in [0.25, 0.3) is 10.8 Å². The number of ether oxygens (including phenoxy) is 2. The lowest BCUT2D eigenvalue weighted by Gasteiger charge is -2.10. The standard InChI is InChI=1S/C14H13ClO3/c1-17-14(16)12-8-10-4-2-3-5-11(10)9-13(12)18-7-6-15/h2-5,8-9H,6-7H2,1H3. The summed E-state index contributed by atoms with van der Waals surface area (Å²) in [5.74, 6) is 0.458. The number of alkyl halides is 1. The summed E-state index contributed by atoms with van der Waals surface area (Å²) in [4.78, 5) is 11.7. The largest absolute Gasteiger partial charge is 0.491 e. The number of carbonyl (C=O) groups excluding carboxylic acids is 1. The minimum absolute atomic E-state index is 0.351. The highest BCUT2D eigenvalue weighted by molar-refractivity contribution is 6.18. The first-order chi connectivity index (χ1) is 8.76. The molecule has 0 saturated carbocycles. The zero-order chi connectivity index (χ0) is 13.0. The summed E-state index contributed by atoms with van der Waals surface area (Å²) in [6.45, 7) is 0.351. The Morgan fingerprint density at radius 2 is 1.89 bits per heavy atom. The summed E-state index contributed by atoms with van der Waals surface area (Å²) in [7, 11) is 1.35. The molecule has 0 spiro atoms. The van der Waals surface area contributed by atoms with Crippen LogP contribution in [-0.2, 0) is 4.74 Å². The van der Waals surface area contributed by atoms with Crippen LogP contribution in [0.15, 0.2) is 36.4 Å². The molecule has 94 valence electrons. The summed E-state index contributed by atoms with van der Waals surface area (Å²) in [5, 5.41) is 1.98. The molecule has 0 unspecified atom stereocenters. The Balaban J connectivity index is 2.52. The molecule has 3 nitrogen and oxygen atoms in total. The zero-order valence-corrected chi connectivity index (χ0v) is 10.7. The smallest absolute Gasteiger partial charge is 0.341 e. The second kappa shape index (κ2) is 5.74. The van der Waals surface area contributed by atoms with Crippen molar-refractivity contribution in [2.45, 2.75) is 0 Å². The lowest BCUT2D eigenvalue weighted by Crippen LogP contribution is -2.07. The van der Waals surface area contributed by atoms with E-state index < -0.39 is 5.97 Å². The fourth-order valence-electron chi connectivity index (χ4n) is 1.76. The van der Waals surface area contributed by atoms with Crippen molar-refractivity contribution < 1.29 is 14.3 Å². The van der Waals surface area contributed by atoms with Gasteiger partial charge in [-0.25, -0.2) is 4.79 Å². The van der Waals surface area contributed by atoms with Crippen molar-refractivity contribution in [2.24, 2.45) is 0 Å². The third-order valence-corrected chi connectivity index (χ3v) is 2.74. The van der Waals surface area contributed by atoms with Gasteiger partial charge in [0.25, 0.3) is 0 Å². The summed E-state index contributed by atoms with van der Waals surface area (Å²) in [6, 6.07) is 11.4. The molecule has 0 aromatic heterocycles. The normalized spacial score (nSPS) is 10.3. The number of methoxy groups -OCH3 is 1. The molecule has 2 rings (SSSR count). The molecule has 0 saturated heterocycles. The topological polar surface area (TPSA) is 35.5 Å². The van der Waals surface area contributed by atoms with Crippen LogP contribution in [0.3, 0.4) is 0 Å². The summed E-state index contributed by atoms with van der Waals surface area (Å²) < 4.78 is 10.2. The van der Waals surface area contributed by atoms with Crippen LogP contribution in [0, 0.1) is 0 Å². The van der Waals surface area contributed by atoms with Crippen molar-refractivity contribution in [1.82, 2.24) is 0 Å². The van der Waals surface area contributed by atoms with Gasteiger partial charge in [0.05, 0.1) is 13.0 Å². The fraction of sp³-hybridized carbons (Fsp3) is 0.214. The number of hydrogen-bond acceptors (Lipinski definition) is 3. The van der Waals surface area contributed by atoms with Crippen LogP contribution in [0.4, 0.5) is 0 Å². The second-order valence-electron chi connectivity index (χ2n) is 3.72. The van der Waals surface area contributed by atoms with Crippen molar-refractivity contribution in [1.29, 1.82) is 0 Å². The maximum Gasteiger partial charge on any atom is 0.341 e. The Hall–Kier alpha value is -1.74. The van der Waals surface area contributed by atoms with E-state index in [2.05, 4.69) is 0 Å². The van der Waals surface area contributed by atoms with Gasteiger partial charge in [0.1, 0.15) is 17.9 Å². The van der Waals surface area contributed by atoms with Gasteiger partial charge in [-0.3, -0.25) is 0 Å². The summed E-state index contributed by atoms with van der Waals surface area (Å²) in [6.07, 6.45) is 0. The van der Waals surface area contributed by atoms with Crippen LogP contribution in [0.5, 0.6) is 5.75 Å². The van der Waals surface area contributed by atoms with Gasteiger partial charge in [-0.2, -0.15) is 0 Å². The molecule has 0 bridgehead atoms. The van der Waals surface area contributed by atoms with E-state index in [1.54, 1.807) is 6.07 Å². The average molecular weight is 265 g/mol. The predicted molar refractivity (Wildman–Crippen MR) is 71.5 cm³/mol. The Labute approximate surface area is 110 Å². The van der Waals surface area contributed by atoms with Crippen LogP contribution in [-0.4, -0.2) is 25.6 Å². The molecule has 0 heterocycles. The summed E-state index contributed by atoms with van der Waals surface area (Å²) >= 11 is 5.59. The van der Waals surface area contributed by atoms with Crippen molar-refractivity contribution >= 4 is 28.3 Å². The quantitative estimate of drug-likeness (QED) is 0.628. The highest BCUT2D eigenvalue weighted by Gasteiger charge is 2.14. The summed E-state index contributed by atoms with van der Waals surface area (Å²) in [5.41, 5.74) is 0.418. The van der Waals surface area contributed by atoms with Gasteiger partial charge in [0.2, 0.25) is 0 Å². The van der Waals surface area contributed by atoms with Crippen LogP contribution in [0.2, 0.25) is 0 Å². The van der Waals surface area contributed by atoms with Gasteiger partial charge < -0.3 is 9.47 Å². The van der Waals surface area contributed by atoms with Crippen molar-refractivity contribution in [3.8, 4) is 5.75 Å². The number of halogens is 1. The lowest BCUT2D eigenvalue weighted by atomic mass is 10.1. The molecular formula is C14H13ClO3. The molecule has 0 radical (unpaired) electrons. The molecule has 0 fully saturated rings. The highest BCUT2D eigenvalue weighted by Crippen LogP contribution is 2.26. The molecule has 18 heavy (non-hydrogen) atoms. The van der Waals surface area contributed by atoms with E-state index >= 15 is 0 Å². The van der Waals surface area contributed by atoms with Gasteiger partial charge in [-0.1, -0.05) is 24.3 Å². The number of fused-ring (bicyclic) bond motifs is 1. The number of carbonyl (C=O) groups is 1. The zero-order valence-electron chi connectivity index (χ0n) is 9.98. The Bertz CT molecular complexity index is 566. The number of rotatable bonds is 4. The minimum atomic E-state index is -0.412. The van der Waals surface area contributed by atoms with E-state index in [4.69, 9.17) is 21.1 Å². The van der Waals surface area contributed by atoms with E-state index in [0.29, 0.717) is 23.8 Å². The van der Waals surface area contributed by atoms with Gasteiger partial charge >= 0.3 is 5.97 Å². The van der Waals surface area contributed by atoms with E-state index in [9.17, 15) is 4.79 Å². The molecule has 0 N–H and O–H groups in total. The van der Waals surface area contributed by atoms with E-state index in [0.717, 1.165) is 10.8 Å². The molecule has 2 aromatic carbocycles. The van der Waals surface area contributed by atoms with Crippen LogP contribution >= 0.6 is 11.6 Å². The second-order valence-corrected chi connectivity index (χ2v) is 4.10. The monoisotopic (exact) mass is 264 g/mol. The van der Waals surface area contributed by atoms with Gasteiger partial charge in [0.15, 0.2) is 0 Å². The highest BCUT2D eigenvalue weighted by atomic mass is 35.5. The lowest BCUT2D eigenvalue weighted by molar-refractivity contribution is 0.0596. The number of benzene rings is 2. The van der Waals surface area contributed by atoms with Crippen molar-refractivity contribution in [3.05, 3.63) is 42.0 Å². The Morgan fingerprint density at radius 1 is 1.22 bits per heavy atom. The van der Waals surface area contributed by atoms with Crippen molar-refractivity contribution in [2.75, 3.05) is 19.6 Å². The fourth-order valence-corrected chi connectivity index (χ4v) is 1.83. The first-order valence-electron chi connectivity index (χ1n) is 5.56. The number of hydrogen-bond donors (Lipinski definition) is 0. The van der Waals surface area contributed by atoms with Crippen molar-refractivity contribution in [3.63, 3.8) is 0 Å². The molecule has 0 aliphatic carbocycles. The van der Waals surface area contributed by atoms with Gasteiger partial charge in [0, 0.05) is 0 Å². The predicted octanol–water partition coefficient (Wildman–Crippen LogP) is 3.24. The van der Waals surface area contributed by atoms with E-state index in [1.807, 2.05) is 30.3 Å². The van der Waals surface area contributed by atoms with E-state index in [1.165, 1.54) is 7.11 Å². The first kappa shape index (κ1) is 12.7.